The summed E-state index contributed by atoms with van der Waals surface area (Å²) in [5.41, 5.74) is 9.91. The predicted octanol–water partition coefficient (Wildman–Crippen LogP) is 4.91. The first-order chi connectivity index (χ1) is 8.90. The molecule has 0 aliphatic carbocycles. The molecule has 1 unspecified atom stereocenters. The number of nitrogens with two attached hydrogens (primary N) is 1. The molecule has 0 saturated heterocycles. The van der Waals surface area contributed by atoms with E-state index in [1.165, 1.54) is 12.1 Å². The van der Waals surface area contributed by atoms with Gasteiger partial charge in [-0.2, -0.15) is 0 Å². The molecule has 0 saturated carbocycles. The molecule has 0 amide bonds. The monoisotopic (exact) mass is 341 g/mol. The highest BCUT2D eigenvalue weighted by atomic mass is 79.9. The van der Waals surface area contributed by atoms with Crippen molar-refractivity contribution in [2.75, 3.05) is 0 Å². The van der Waals surface area contributed by atoms with Gasteiger partial charge in [0.05, 0.1) is 6.04 Å². The van der Waals surface area contributed by atoms with Crippen molar-refractivity contribution in [3.63, 3.8) is 0 Å². The molecule has 19 heavy (non-hydrogen) atoms. The van der Waals surface area contributed by atoms with E-state index < -0.39 is 0 Å². The summed E-state index contributed by atoms with van der Waals surface area (Å²) in [5, 5.41) is 0.648. The molecule has 2 aromatic carbocycles. The number of rotatable bonds is 2. The highest BCUT2D eigenvalue weighted by molar-refractivity contribution is 9.10. The largest absolute Gasteiger partial charge is 0.320 e. The molecule has 0 fully saturated rings. The van der Waals surface area contributed by atoms with Gasteiger partial charge in [0.25, 0.3) is 0 Å². The van der Waals surface area contributed by atoms with Gasteiger partial charge in [-0.15, -0.1) is 0 Å². The third-order valence-corrected chi connectivity index (χ3v) is 4.09. The summed E-state index contributed by atoms with van der Waals surface area (Å²) in [6.07, 6.45) is 0. The van der Waals surface area contributed by atoms with Crippen molar-refractivity contribution in [1.82, 2.24) is 0 Å². The van der Waals surface area contributed by atoms with Crippen LogP contribution in [0.4, 0.5) is 4.39 Å². The molecule has 0 radical (unpaired) electrons. The first kappa shape index (κ1) is 14.5. The fourth-order valence-electron chi connectivity index (χ4n) is 2.32. The first-order valence-electron chi connectivity index (χ1n) is 5.87. The molecule has 0 bridgehead atoms. The van der Waals surface area contributed by atoms with Gasteiger partial charge in [0.2, 0.25) is 0 Å². The summed E-state index contributed by atoms with van der Waals surface area (Å²) in [5.74, 6) is -0.235. The first-order valence-corrected chi connectivity index (χ1v) is 7.04. The van der Waals surface area contributed by atoms with E-state index in [4.69, 9.17) is 17.3 Å². The molecule has 0 spiro atoms. The number of aryl methyl sites for hydroxylation is 2. The van der Waals surface area contributed by atoms with Gasteiger partial charge in [0, 0.05) is 9.50 Å². The predicted molar refractivity (Wildman–Crippen MR) is 81.1 cm³/mol. The normalized spacial score (nSPS) is 12.5. The van der Waals surface area contributed by atoms with E-state index in [1.807, 2.05) is 26.0 Å². The lowest BCUT2D eigenvalue weighted by atomic mass is 9.92. The van der Waals surface area contributed by atoms with Crippen LogP contribution in [0.5, 0.6) is 0 Å². The maximum atomic E-state index is 13.3. The van der Waals surface area contributed by atoms with E-state index in [1.54, 1.807) is 6.07 Å². The van der Waals surface area contributed by atoms with Crippen LogP contribution >= 0.6 is 27.5 Å². The van der Waals surface area contributed by atoms with Crippen LogP contribution in [0.1, 0.15) is 28.3 Å². The van der Waals surface area contributed by atoms with Gasteiger partial charge in [0.15, 0.2) is 0 Å². The van der Waals surface area contributed by atoms with Gasteiger partial charge >= 0.3 is 0 Å². The van der Waals surface area contributed by atoms with Crippen LogP contribution in [0.25, 0.3) is 0 Å². The smallest absolute Gasteiger partial charge is 0.123 e. The number of hydrogen-bond acceptors (Lipinski definition) is 1. The standard InChI is InChI=1S/C15H14BrClFN/c1-8-5-11(18)6-9(2)14(8)15(19)12-4-3-10(17)7-13(12)16/h3-7,15H,19H2,1-2H3. The molecule has 0 aromatic heterocycles. The van der Waals surface area contributed by atoms with E-state index in [9.17, 15) is 4.39 Å². The zero-order valence-corrected chi connectivity index (χ0v) is 13.0. The van der Waals surface area contributed by atoms with Crippen molar-refractivity contribution < 1.29 is 4.39 Å². The Labute approximate surface area is 125 Å². The van der Waals surface area contributed by atoms with Crippen LogP contribution < -0.4 is 5.73 Å². The van der Waals surface area contributed by atoms with Gasteiger partial charge in [-0.1, -0.05) is 33.6 Å². The van der Waals surface area contributed by atoms with E-state index in [2.05, 4.69) is 15.9 Å². The van der Waals surface area contributed by atoms with Crippen LogP contribution in [-0.4, -0.2) is 0 Å². The Kier molecular flexibility index (Phi) is 4.29. The van der Waals surface area contributed by atoms with Crippen LogP contribution in [0.15, 0.2) is 34.8 Å². The molecular weight excluding hydrogens is 329 g/mol. The van der Waals surface area contributed by atoms with Crippen LogP contribution in [0, 0.1) is 19.7 Å². The Morgan fingerprint density at radius 1 is 1.16 bits per heavy atom. The average molecular weight is 343 g/mol. The van der Waals surface area contributed by atoms with Crippen LogP contribution in [0.3, 0.4) is 0 Å². The second-order valence-electron chi connectivity index (χ2n) is 4.60. The number of hydrogen-bond donors (Lipinski definition) is 1. The molecule has 2 aromatic rings. The van der Waals surface area contributed by atoms with E-state index >= 15 is 0 Å². The summed E-state index contributed by atoms with van der Waals surface area (Å²) in [6.45, 7) is 3.74. The van der Waals surface area contributed by atoms with E-state index in [0.717, 1.165) is 26.7 Å². The Morgan fingerprint density at radius 2 is 1.74 bits per heavy atom. The summed E-state index contributed by atoms with van der Waals surface area (Å²) >= 11 is 9.40. The summed E-state index contributed by atoms with van der Waals surface area (Å²) < 4.78 is 14.2. The van der Waals surface area contributed by atoms with Crippen molar-refractivity contribution in [3.05, 3.63) is 67.9 Å². The van der Waals surface area contributed by atoms with Crippen molar-refractivity contribution in [1.29, 1.82) is 0 Å². The minimum Gasteiger partial charge on any atom is -0.320 e. The fourth-order valence-corrected chi connectivity index (χ4v) is 3.25. The van der Waals surface area contributed by atoms with Gasteiger partial charge in [-0.05, 0) is 60.4 Å². The van der Waals surface area contributed by atoms with Crippen molar-refractivity contribution in [2.45, 2.75) is 19.9 Å². The van der Waals surface area contributed by atoms with Crippen molar-refractivity contribution in [3.8, 4) is 0 Å². The lowest BCUT2D eigenvalue weighted by molar-refractivity contribution is 0.623. The Bertz CT molecular complexity index is 605. The third-order valence-electron chi connectivity index (χ3n) is 3.17. The molecule has 2 rings (SSSR count). The third kappa shape index (κ3) is 2.99. The summed E-state index contributed by atoms with van der Waals surface area (Å²) in [6, 6.07) is 8.20. The molecule has 1 nitrogen and oxygen atoms in total. The van der Waals surface area contributed by atoms with Crippen LogP contribution in [0.2, 0.25) is 5.02 Å². The zero-order valence-electron chi connectivity index (χ0n) is 10.7. The Balaban J connectivity index is 2.53. The molecule has 0 aliphatic heterocycles. The van der Waals surface area contributed by atoms with Gasteiger partial charge in [0.1, 0.15) is 5.82 Å². The SMILES string of the molecule is Cc1cc(F)cc(C)c1C(N)c1ccc(Cl)cc1Br. The quantitative estimate of drug-likeness (QED) is 0.825. The number of benzene rings is 2. The van der Waals surface area contributed by atoms with Gasteiger partial charge in [-0.25, -0.2) is 4.39 Å². The lowest BCUT2D eigenvalue weighted by Crippen LogP contribution is -2.15. The van der Waals surface area contributed by atoms with Gasteiger partial charge in [-0.3, -0.25) is 0 Å². The Morgan fingerprint density at radius 3 is 2.26 bits per heavy atom. The molecule has 100 valence electrons. The molecule has 4 heteroatoms. The van der Waals surface area contributed by atoms with E-state index in [0.29, 0.717) is 5.02 Å². The average Bonchev–Trinajstić information content (AvgIpc) is 2.26. The highest BCUT2D eigenvalue weighted by Crippen LogP contribution is 2.32. The lowest BCUT2D eigenvalue weighted by Gasteiger charge is -2.19. The van der Waals surface area contributed by atoms with Crippen molar-refractivity contribution in [2.24, 2.45) is 5.73 Å². The minimum absolute atomic E-state index is 0.235. The summed E-state index contributed by atoms with van der Waals surface area (Å²) in [4.78, 5) is 0. The Hall–Kier alpha value is -0.900. The van der Waals surface area contributed by atoms with E-state index in [-0.39, 0.29) is 11.9 Å². The van der Waals surface area contributed by atoms with Gasteiger partial charge < -0.3 is 5.73 Å². The minimum atomic E-state index is -0.313. The second-order valence-corrected chi connectivity index (χ2v) is 5.89. The second kappa shape index (κ2) is 5.61. The van der Waals surface area contributed by atoms with Crippen molar-refractivity contribution >= 4 is 27.5 Å². The van der Waals surface area contributed by atoms with Crippen LogP contribution in [-0.2, 0) is 0 Å². The molecule has 0 aliphatic rings. The summed E-state index contributed by atoms with van der Waals surface area (Å²) in [7, 11) is 0. The number of halogens is 3. The zero-order chi connectivity index (χ0) is 14.2. The highest BCUT2D eigenvalue weighted by Gasteiger charge is 2.17. The topological polar surface area (TPSA) is 26.0 Å². The molecule has 1 atom stereocenters. The maximum Gasteiger partial charge on any atom is 0.123 e. The molecule has 2 N–H and O–H groups in total. The molecule has 0 heterocycles. The maximum absolute atomic E-state index is 13.3. The molecular formula is C15H14BrClFN. The fraction of sp³-hybridized carbons (Fsp3) is 0.200.